The number of halogens is 1. The maximum Gasteiger partial charge on any atom is 0.335 e. The molecule has 1 heterocycles. The van der Waals surface area contributed by atoms with Crippen molar-refractivity contribution in [3.8, 4) is 11.5 Å². The third kappa shape index (κ3) is 3.30. The summed E-state index contributed by atoms with van der Waals surface area (Å²) in [5.41, 5.74) is 0.0680. The maximum atomic E-state index is 10.9. The molecule has 1 fully saturated rings. The van der Waals surface area contributed by atoms with Gasteiger partial charge in [-0.2, -0.15) is 0 Å². The highest BCUT2D eigenvalue weighted by molar-refractivity contribution is 6.32. The zero-order valence-corrected chi connectivity index (χ0v) is 11.3. The first kappa shape index (κ1) is 14.0. The predicted molar refractivity (Wildman–Crippen MR) is 69.4 cm³/mol. The minimum Gasteiger partial charge on any atom is -0.493 e. The van der Waals surface area contributed by atoms with Crippen LogP contribution in [0.2, 0.25) is 5.02 Å². The van der Waals surface area contributed by atoms with Crippen molar-refractivity contribution < 1.29 is 24.1 Å². The summed E-state index contributed by atoms with van der Waals surface area (Å²) >= 11 is 6.04. The minimum atomic E-state index is -1.06. The Kier molecular flexibility index (Phi) is 4.50. The number of hydrogen-bond acceptors (Lipinski definition) is 4. The van der Waals surface area contributed by atoms with Gasteiger partial charge in [-0.15, -0.1) is 0 Å². The zero-order valence-electron chi connectivity index (χ0n) is 10.5. The van der Waals surface area contributed by atoms with Crippen molar-refractivity contribution in [3.05, 3.63) is 22.7 Å². The third-order valence-corrected chi connectivity index (χ3v) is 3.24. The van der Waals surface area contributed by atoms with Gasteiger partial charge in [-0.05, 0) is 18.6 Å². The Balaban J connectivity index is 2.16. The highest BCUT2D eigenvalue weighted by Crippen LogP contribution is 2.37. The monoisotopic (exact) mass is 286 g/mol. The molecule has 1 unspecified atom stereocenters. The molecule has 0 amide bonds. The normalized spacial score (nSPS) is 18.3. The molecule has 5 nitrogen and oxygen atoms in total. The summed E-state index contributed by atoms with van der Waals surface area (Å²) in [4.78, 5) is 10.9. The van der Waals surface area contributed by atoms with Crippen LogP contribution in [0.5, 0.6) is 11.5 Å². The number of rotatable bonds is 5. The van der Waals surface area contributed by atoms with E-state index in [-0.39, 0.29) is 10.6 Å². The molecular weight excluding hydrogens is 272 g/mol. The maximum absolute atomic E-state index is 10.9. The molecule has 1 aliphatic heterocycles. The average Bonchev–Trinajstić information content (AvgIpc) is 2.89. The second kappa shape index (κ2) is 6.12. The molecule has 1 atom stereocenters. The number of ether oxygens (including phenoxy) is 3. The Morgan fingerprint density at radius 2 is 2.37 bits per heavy atom. The highest BCUT2D eigenvalue weighted by atomic mass is 35.5. The summed E-state index contributed by atoms with van der Waals surface area (Å²) in [6, 6.07) is 2.75. The van der Waals surface area contributed by atoms with Gasteiger partial charge in [0, 0.05) is 12.5 Å². The molecule has 1 aliphatic rings. The molecule has 0 bridgehead atoms. The van der Waals surface area contributed by atoms with Gasteiger partial charge in [-0.1, -0.05) is 11.6 Å². The summed E-state index contributed by atoms with van der Waals surface area (Å²) in [6.07, 6.45) is 0.952. The van der Waals surface area contributed by atoms with Gasteiger partial charge in [-0.3, -0.25) is 0 Å². The van der Waals surface area contributed by atoms with Crippen molar-refractivity contribution in [1.82, 2.24) is 0 Å². The van der Waals surface area contributed by atoms with Gasteiger partial charge in [0.25, 0.3) is 0 Å². The van der Waals surface area contributed by atoms with Crippen molar-refractivity contribution in [3.63, 3.8) is 0 Å². The first-order chi connectivity index (χ1) is 9.11. The Labute approximate surface area is 116 Å². The van der Waals surface area contributed by atoms with Crippen LogP contribution in [0.4, 0.5) is 0 Å². The van der Waals surface area contributed by atoms with Crippen LogP contribution < -0.4 is 9.47 Å². The smallest absolute Gasteiger partial charge is 0.335 e. The number of aromatic carboxylic acids is 1. The highest BCUT2D eigenvalue weighted by Gasteiger charge is 2.20. The second-order valence-electron chi connectivity index (χ2n) is 4.34. The fourth-order valence-corrected chi connectivity index (χ4v) is 2.16. The van der Waals surface area contributed by atoms with E-state index in [1.165, 1.54) is 19.2 Å². The van der Waals surface area contributed by atoms with Crippen LogP contribution in [-0.2, 0) is 4.74 Å². The molecule has 0 radical (unpaired) electrons. The second-order valence-corrected chi connectivity index (χ2v) is 4.74. The molecule has 0 aromatic heterocycles. The SMILES string of the molecule is COc1cc(C(=O)O)cc(Cl)c1OCC1CCOC1. The third-order valence-electron chi connectivity index (χ3n) is 2.96. The van der Waals surface area contributed by atoms with E-state index in [1.807, 2.05) is 0 Å². The van der Waals surface area contributed by atoms with Crippen molar-refractivity contribution in [2.75, 3.05) is 26.9 Å². The Bertz CT molecular complexity index is 468. The summed E-state index contributed by atoms with van der Waals surface area (Å²) in [6.45, 7) is 1.90. The van der Waals surface area contributed by atoms with Gasteiger partial charge < -0.3 is 19.3 Å². The van der Waals surface area contributed by atoms with Crippen molar-refractivity contribution in [2.45, 2.75) is 6.42 Å². The quantitative estimate of drug-likeness (QED) is 0.901. The summed E-state index contributed by atoms with van der Waals surface area (Å²) in [7, 11) is 1.45. The van der Waals surface area contributed by atoms with E-state index in [4.69, 9.17) is 30.9 Å². The van der Waals surface area contributed by atoms with Crippen LogP contribution in [0, 0.1) is 5.92 Å². The molecular formula is C13H15ClO5. The van der Waals surface area contributed by atoms with Crippen LogP contribution in [-0.4, -0.2) is 38.0 Å². The number of methoxy groups -OCH3 is 1. The standard InChI is InChI=1S/C13H15ClO5/c1-17-11-5-9(13(15)16)4-10(14)12(11)19-7-8-2-3-18-6-8/h4-5,8H,2-3,6-7H2,1H3,(H,15,16). The van der Waals surface area contributed by atoms with Crippen LogP contribution in [0.3, 0.4) is 0 Å². The number of carboxylic acid groups (broad SMARTS) is 1. The van der Waals surface area contributed by atoms with Gasteiger partial charge in [0.05, 0.1) is 30.9 Å². The molecule has 1 aromatic rings. The predicted octanol–water partition coefficient (Wildman–Crippen LogP) is 2.46. The lowest BCUT2D eigenvalue weighted by molar-refractivity contribution is 0.0696. The van der Waals surface area contributed by atoms with Gasteiger partial charge in [-0.25, -0.2) is 4.79 Å². The van der Waals surface area contributed by atoms with Crippen LogP contribution in [0.1, 0.15) is 16.8 Å². The molecule has 6 heteroatoms. The van der Waals surface area contributed by atoms with Crippen molar-refractivity contribution in [1.29, 1.82) is 0 Å². The summed E-state index contributed by atoms with van der Waals surface area (Å²) in [5.74, 6) is -0.0271. The first-order valence-corrected chi connectivity index (χ1v) is 6.31. The summed E-state index contributed by atoms with van der Waals surface area (Å²) in [5, 5.41) is 9.18. The molecule has 19 heavy (non-hydrogen) atoms. The zero-order chi connectivity index (χ0) is 13.8. The van der Waals surface area contributed by atoms with Gasteiger partial charge in [0.15, 0.2) is 11.5 Å². The van der Waals surface area contributed by atoms with Crippen LogP contribution in [0.15, 0.2) is 12.1 Å². The summed E-state index contributed by atoms with van der Waals surface area (Å²) < 4.78 is 16.0. The number of carbonyl (C=O) groups is 1. The van der Waals surface area contributed by atoms with Crippen molar-refractivity contribution in [2.24, 2.45) is 5.92 Å². The Morgan fingerprint density at radius 3 is 2.95 bits per heavy atom. The lowest BCUT2D eigenvalue weighted by atomic mass is 10.1. The van der Waals surface area contributed by atoms with Crippen molar-refractivity contribution >= 4 is 17.6 Å². The molecule has 104 valence electrons. The molecule has 0 spiro atoms. The first-order valence-electron chi connectivity index (χ1n) is 5.93. The fraction of sp³-hybridized carbons (Fsp3) is 0.462. The number of carboxylic acids is 1. The van der Waals surface area contributed by atoms with E-state index < -0.39 is 5.97 Å². The average molecular weight is 287 g/mol. The van der Waals surface area contributed by atoms with Gasteiger partial charge in [0.2, 0.25) is 0 Å². The molecule has 0 aliphatic carbocycles. The Hall–Kier alpha value is -1.46. The molecule has 0 saturated carbocycles. The van der Waals surface area contributed by atoms with E-state index in [1.54, 1.807) is 0 Å². The lowest BCUT2D eigenvalue weighted by Gasteiger charge is -2.15. The van der Waals surface area contributed by atoms with E-state index in [0.717, 1.165) is 13.0 Å². The minimum absolute atomic E-state index is 0.0680. The van der Waals surface area contributed by atoms with E-state index in [9.17, 15) is 4.79 Å². The topological polar surface area (TPSA) is 65.0 Å². The molecule has 1 saturated heterocycles. The lowest BCUT2D eigenvalue weighted by Crippen LogP contribution is -2.12. The fourth-order valence-electron chi connectivity index (χ4n) is 1.90. The molecule has 1 N–H and O–H groups in total. The van der Waals surface area contributed by atoms with E-state index in [2.05, 4.69) is 0 Å². The number of benzene rings is 1. The van der Waals surface area contributed by atoms with Gasteiger partial charge in [0.1, 0.15) is 0 Å². The van der Waals surface area contributed by atoms with Crippen LogP contribution >= 0.6 is 11.6 Å². The molecule has 1 aromatic carbocycles. The van der Waals surface area contributed by atoms with Crippen LogP contribution in [0.25, 0.3) is 0 Å². The number of hydrogen-bond donors (Lipinski definition) is 1. The van der Waals surface area contributed by atoms with E-state index >= 15 is 0 Å². The Morgan fingerprint density at radius 1 is 1.58 bits per heavy atom. The largest absolute Gasteiger partial charge is 0.493 e. The van der Waals surface area contributed by atoms with Gasteiger partial charge >= 0.3 is 5.97 Å². The molecule has 2 rings (SSSR count). The van der Waals surface area contributed by atoms with E-state index in [0.29, 0.717) is 30.6 Å².